The summed E-state index contributed by atoms with van der Waals surface area (Å²) >= 11 is 4.29. The summed E-state index contributed by atoms with van der Waals surface area (Å²) in [4.78, 5) is 0. The van der Waals surface area contributed by atoms with Crippen LogP contribution in [0.5, 0.6) is 0 Å². The second-order valence-electron chi connectivity index (χ2n) is 3.18. The largest absolute Gasteiger partial charge is 0.388 e. The lowest BCUT2D eigenvalue weighted by Gasteiger charge is -2.11. The molecule has 1 aromatic carbocycles. The first kappa shape index (κ1) is 10.9. The van der Waals surface area contributed by atoms with Crippen molar-refractivity contribution in [2.75, 3.05) is 18.1 Å². The van der Waals surface area contributed by atoms with Gasteiger partial charge in [-0.2, -0.15) is 12.6 Å². The minimum absolute atomic E-state index is 0.522. The van der Waals surface area contributed by atoms with Crippen LogP contribution in [0.3, 0.4) is 0 Å². The van der Waals surface area contributed by atoms with Gasteiger partial charge >= 0.3 is 0 Å². The van der Waals surface area contributed by atoms with E-state index in [2.05, 4.69) is 52.3 Å². The molecule has 0 saturated heterocycles. The van der Waals surface area contributed by atoms with Gasteiger partial charge in [-0.3, -0.25) is 0 Å². The predicted molar refractivity (Wildman–Crippen MR) is 67.6 cm³/mol. The van der Waals surface area contributed by atoms with Gasteiger partial charge in [-0.15, -0.1) is 9.24 Å². The van der Waals surface area contributed by atoms with Crippen LogP contribution >= 0.6 is 21.9 Å². The van der Waals surface area contributed by atoms with E-state index in [4.69, 9.17) is 0 Å². The monoisotopic (exact) mass is 213 g/mol. The maximum Gasteiger partial charge on any atom is 0.0410 e. The third kappa shape index (κ3) is 2.62. The summed E-state index contributed by atoms with van der Waals surface area (Å²) in [6, 6.07) is 6.45. The Labute approximate surface area is 87.9 Å². The van der Waals surface area contributed by atoms with Crippen molar-refractivity contribution in [3.8, 4) is 0 Å². The van der Waals surface area contributed by atoms with Crippen molar-refractivity contribution in [3.05, 3.63) is 23.8 Å². The minimum Gasteiger partial charge on any atom is -0.388 e. The lowest BCUT2D eigenvalue weighted by molar-refractivity contribution is 0.885. The van der Waals surface area contributed by atoms with Gasteiger partial charge in [0.1, 0.15) is 0 Å². The van der Waals surface area contributed by atoms with E-state index in [1.165, 1.54) is 16.6 Å². The summed E-state index contributed by atoms with van der Waals surface area (Å²) in [6.07, 6.45) is 0. The lowest BCUT2D eigenvalue weighted by Crippen LogP contribution is -2.05. The maximum atomic E-state index is 4.29. The Bertz CT molecular complexity index is 288. The zero-order valence-corrected chi connectivity index (χ0v) is 10.1. The average molecular weight is 213 g/mol. The first-order valence-electron chi connectivity index (χ1n) is 4.37. The Kier molecular flexibility index (Phi) is 4.08. The Morgan fingerprint density at radius 3 is 2.69 bits per heavy atom. The number of benzene rings is 1. The standard InChI is InChI=1S/C10H16NPS/c1-7(6-13)8-3-4-9(11-2)10(12)5-8/h3-5,7,11,13H,6,12H2,1-2H3. The fourth-order valence-corrected chi connectivity index (χ4v) is 1.86. The zero-order chi connectivity index (χ0) is 9.84. The van der Waals surface area contributed by atoms with Gasteiger partial charge in [0.15, 0.2) is 0 Å². The normalized spacial score (nSPS) is 12.6. The van der Waals surface area contributed by atoms with Gasteiger partial charge in [-0.25, -0.2) is 0 Å². The smallest absolute Gasteiger partial charge is 0.0410 e. The van der Waals surface area contributed by atoms with Crippen molar-refractivity contribution in [1.82, 2.24) is 0 Å². The van der Waals surface area contributed by atoms with E-state index in [0.29, 0.717) is 5.92 Å². The lowest BCUT2D eigenvalue weighted by atomic mass is 10.0. The molecule has 0 heterocycles. The molecule has 0 aliphatic rings. The van der Waals surface area contributed by atoms with E-state index in [1.807, 2.05) is 7.05 Å². The summed E-state index contributed by atoms with van der Waals surface area (Å²) in [5.74, 6) is 1.41. The number of hydrogen-bond acceptors (Lipinski definition) is 2. The molecule has 1 aromatic rings. The summed E-state index contributed by atoms with van der Waals surface area (Å²) in [7, 11) is 4.68. The van der Waals surface area contributed by atoms with Gasteiger partial charge in [0, 0.05) is 12.7 Å². The van der Waals surface area contributed by atoms with Crippen LogP contribution in [0.4, 0.5) is 5.69 Å². The van der Waals surface area contributed by atoms with Gasteiger partial charge in [0.25, 0.3) is 0 Å². The Balaban J connectivity index is 2.95. The topological polar surface area (TPSA) is 12.0 Å². The van der Waals surface area contributed by atoms with Gasteiger partial charge in [0.2, 0.25) is 0 Å². The van der Waals surface area contributed by atoms with Crippen LogP contribution in [0.1, 0.15) is 18.4 Å². The Hall–Kier alpha value is -0.200. The third-order valence-corrected chi connectivity index (χ3v) is 3.21. The molecule has 72 valence electrons. The molecule has 1 N–H and O–H groups in total. The molecule has 0 amide bonds. The van der Waals surface area contributed by atoms with Crippen molar-refractivity contribution in [1.29, 1.82) is 0 Å². The van der Waals surface area contributed by atoms with Crippen LogP contribution in [-0.2, 0) is 0 Å². The molecule has 0 bridgehead atoms. The van der Waals surface area contributed by atoms with Crippen molar-refractivity contribution < 1.29 is 0 Å². The summed E-state index contributed by atoms with van der Waals surface area (Å²) in [5, 5.41) is 4.36. The van der Waals surface area contributed by atoms with Gasteiger partial charge < -0.3 is 5.32 Å². The summed E-state index contributed by atoms with van der Waals surface area (Å²) in [5.41, 5.74) is 2.51. The molecule has 2 atom stereocenters. The second-order valence-corrected chi connectivity index (χ2v) is 4.17. The van der Waals surface area contributed by atoms with Crippen LogP contribution in [0, 0.1) is 0 Å². The van der Waals surface area contributed by atoms with E-state index >= 15 is 0 Å². The number of nitrogens with one attached hydrogen (secondary N) is 1. The van der Waals surface area contributed by atoms with Crippen molar-refractivity contribution in [2.45, 2.75) is 12.8 Å². The predicted octanol–water partition coefficient (Wildman–Crippen LogP) is 2.26. The summed E-state index contributed by atoms with van der Waals surface area (Å²) < 4.78 is 0. The van der Waals surface area contributed by atoms with E-state index in [-0.39, 0.29) is 0 Å². The zero-order valence-electron chi connectivity index (χ0n) is 8.04. The van der Waals surface area contributed by atoms with E-state index < -0.39 is 0 Å². The molecular weight excluding hydrogens is 197 g/mol. The van der Waals surface area contributed by atoms with E-state index in [1.54, 1.807) is 0 Å². The molecule has 1 rings (SSSR count). The van der Waals surface area contributed by atoms with E-state index in [0.717, 1.165) is 5.75 Å². The molecule has 1 nitrogen and oxygen atoms in total. The summed E-state index contributed by atoms with van der Waals surface area (Å²) in [6.45, 7) is 2.19. The SMILES string of the molecule is CNc1ccc(C(C)CS)cc1P. The highest BCUT2D eigenvalue weighted by atomic mass is 32.1. The molecule has 2 unspecified atom stereocenters. The van der Waals surface area contributed by atoms with E-state index in [9.17, 15) is 0 Å². The van der Waals surface area contributed by atoms with Crippen LogP contribution < -0.4 is 10.6 Å². The fourth-order valence-electron chi connectivity index (χ4n) is 1.22. The molecule has 3 heteroatoms. The van der Waals surface area contributed by atoms with Gasteiger partial charge in [-0.05, 0) is 34.7 Å². The highest BCUT2D eigenvalue weighted by Crippen LogP contribution is 2.18. The molecule has 0 aromatic heterocycles. The molecule has 13 heavy (non-hydrogen) atoms. The van der Waals surface area contributed by atoms with Crippen molar-refractivity contribution in [2.24, 2.45) is 0 Å². The fraction of sp³-hybridized carbons (Fsp3) is 0.400. The number of thiol groups is 1. The molecule has 0 aliphatic heterocycles. The Morgan fingerprint density at radius 1 is 1.54 bits per heavy atom. The number of hydrogen-bond donors (Lipinski definition) is 2. The molecule has 0 saturated carbocycles. The minimum atomic E-state index is 0.522. The van der Waals surface area contributed by atoms with Crippen LogP contribution in [0.25, 0.3) is 0 Å². The van der Waals surface area contributed by atoms with Crippen LogP contribution in [0.15, 0.2) is 18.2 Å². The van der Waals surface area contributed by atoms with Crippen LogP contribution in [-0.4, -0.2) is 12.8 Å². The van der Waals surface area contributed by atoms with Crippen molar-refractivity contribution >= 4 is 32.9 Å². The molecule has 0 radical (unpaired) electrons. The number of anilines is 1. The first-order valence-corrected chi connectivity index (χ1v) is 5.58. The van der Waals surface area contributed by atoms with Crippen LogP contribution in [0.2, 0.25) is 0 Å². The average Bonchev–Trinajstić information content (AvgIpc) is 2.16. The molecule has 0 fully saturated rings. The highest BCUT2D eigenvalue weighted by Gasteiger charge is 2.04. The number of rotatable bonds is 3. The molecular formula is C10H16NPS. The second kappa shape index (κ2) is 4.88. The third-order valence-electron chi connectivity index (χ3n) is 2.19. The van der Waals surface area contributed by atoms with Gasteiger partial charge in [0.05, 0.1) is 0 Å². The first-order chi connectivity index (χ1) is 6.19. The maximum absolute atomic E-state index is 4.29. The van der Waals surface area contributed by atoms with Crippen molar-refractivity contribution in [3.63, 3.8) is 0 Å². The quantitative estimate of drug-likeness (QED) is 0.580. The van der Waals surface area contributed by atoms with Gasteiger partial charge in [-0.1, -0.05) is 13.0 Å². The highest BCUT2D eigenvalue weighted by molar-refractivity contribution is 7.80. The Morgan fingerprint density at radius 2 is 2.23 bits per heavy atom. The molecule has 0 aliphatic carbocycles. The molecule has 0 spiro atoms.